The van der Waals surface area contributed by atoms with Crippen molar-refractivity contribution in [1.82, 2.24) is 0 Å². The molecule has 1 N–H and O–H groups in total. The lowest BCUT2D eigenvalue weighted by Gasteiger charge is -2.34. The van der Waals surface area contributed by atoms with Crippen LogP contribution in [0.3, 0.4) is 0 Å². The quantitative estimate of drug-likeness (QED) is 0.188. The predicted molar refractivity (Wildman–Crippen MR) is 102 cm³/mol. The molecule has 0 atom stereocenters. The van der Waals surface area contributed by atoms with Gasteiger partial charge in [-0.2, -0.15) is 0 Å². The highest BCUT2D eigenvalue weighted by atomic mass is 127. The fourth-order valence-electron chi connectivity index (χ4n) is 1.96. The minimum Gasteiger partial charge on any atom is -0.394 e. The normalized spacial score (nSPS) is 11.7. The number of nitro groups is 1. The van der Waals surface area contributed by atoms with Gasteiger partial charge in [-0.25, -0.2) is 0 Å². The van der Waals surface area contributed by atoms with Gasteiger partial charge in [0, 0.05) is 33.4 Å². The molecule has 1 aromatic rings. The molecular formula is C14H21IN2O4Si2. The number of rotatable bonds is 10. The van der Waals surface area contributed by atoms with E-state index in [1.54, 1.807) is 12.1 Å². The van der Waals surface area contributed by atoms with Gasteiger partial charge in [-0.15, -0.1) is 0 Å². The SMILES string of the molecule is C[Si]OC(O[Si]C)C(C)(C)CCNc1ccc([N+](=O)[O-])cc1I. The number of hydrogen-bond acceptors (Lipinski definition) is 5. The largest absolute Gasteiger partial charge is 0.394 e. The van der Waals surface area contributed by atoms with Crippen LogP contribution in [0.25, 0.3) is 0 Å². The van der Waals surface area contributed by atoms with E-state index in [-0.39, 0.29) is 22.3 Å². The monoisotopic (exact) mass is 464 g/mol. The van der Waals surface area contributed by atoms with Gasteiger partial charge in [0.25, 0.3) is 5.69 Å². The van der Waals surface area contributed by atoms with Gasteiger partial charge in [0.15, 0.2) is 0 Å². The Labute approximate surface area is 155 Å². The summed E-state index contributed by atoms with van der Waals surface area (Å²) in [5.41, 5.74) is 0.890. The fraction of sp³-hybridized carbons (Fsp3) is 0.571. The summed E-state index contributed by atoms with van der Waals surface area (Å²) < 4.78 is 12.3. The van der Waals surface area contributed by atoms with Crippen molar-refractivity contribution in [2.75, 3.05) is 11.9 Å². The molecule has 4 radical (unpaired) electrons. The molecule has 126 valence electrons. The summed E-state index contributed by atoms with van der Waals surface area (Å²) in [6.07, 6.45) is 0.645. The second-order valence-corrected chi connectivity index (χ2v) is 8.01. The van der Waals surface area contributed by atoms with E-state index in [2.05, 4.69) is 41.8 Å². The summed E-state index contributed by atoms with van der Waals surface area (Å²) in [6.45, 7) is 8.97. The molecule has 6 nitrogen and oxygen atoms in total. The summed E-state index contributed by atoms with van der Waals surface area (Å²) in [4.78, 5) is 10.4. The highest BCUT2D eigenvalue weighted by Gasteiger charge is 2.30. The molecule has 1 aromatic carbocycles. The van der Waals surface area contributed by atoms with Crippen LogP contribution in [0.1, 0.15) is 20.3 Å². The van der Waals surface area contributed by atoms with Crippen molar-refractivity contribution in [2.24, 2.45) is 5.41 Å². The third kappa shape index (κ3) is 6.49. The molecule has 0 aliphatic heterocycles. The van der Waals surface area contributed by atoms with E-state index in [9.17, 15) is 10.1 Å². The van der Waals surface area contributed by atoms with Gasteiger partial charge in [0.1, 0.15) is 6.29 Å². The van der Waals surface area contributed by atoms with Crippen LogP contribution >= 0.6 is 22.6 Å². The maximum atomic E-state index is 10.8. The number of benzene rings is 1. The summed E-state index contributed by atoms with van der Waals surface area (Å²) in [5, 5.41) is 14.1. The molecule has 0 fully saturated rings. The first-order chi connectivity index (χ1) is 10.8. The van der Waals surface area contributed by atoms with Crippen molar-refractivity contribution in [3.8, 4) is 0 Å². The molecule has 0 aliphatic rings. The zero-order valence-electron chi connectivity index (χ0n) is 13.7. The number of halogens is 1. The number of hydrogen-bond donors (Lipinski definition) is 1. The van der Waals surface area contributed by atoms with Crippen LogP contribution in [0.2, 0.25) is 13.1 Å². The van der Waals surface area contributed by atoms with E-state index in [1.165, 1.54) is 6.07 Å². The Morgan fingerprint density at radius 2 is 1.96 bits per heavy atom. The van der Waals surface area contributed by atoms with Crippen LogP contribution in [0.15, 0.2) is 18.2 Å². The Balaban J connectivity index is 2.62. The molecule has 0 saturated carbocycles. The van der Waals surface area contributed by atoms with Crippen molar-refractivity contribution in [3.05, 3.63) is 31.9 Å². The second-order valence-electron chi connectivity index (χ2n) is 5.56. The molecule has 23 heavy (non-hydrogen) atoms. The highest BCUT2D eigenvalue weighted by molar-refractivity contribution is 14.1. The molecule has 0 heterocycles. The smallest absolute Gasteiger partial charge is 0.270 e. The van der Waals surface area contributed by atoms with Crippen molar-refractivity contribution in [1.29, 1.82) is 0 Å². The lowest BCUT2D eigenvalue weighted by molar-refractivity contribution is -0.384. The molecule has 0 amide bonds. The maximum absolute atomic E-state index is 10.8. The first-order valence-electron chi connectivity index (χ1n) is 7.14. The van der Waals surface area contributed by atoms with E-state index < -0.39 is 0 Å². The third-order valence-corrected chi connectivity index (χ3v) is 5.13. The maximum Gasteiger partial charge on any atom is 0.270 e. The van der Waals surface area contributed by atoms with Gasteiger partial charge in [0.05, 0.1) is 4.92 Å². The Hall–Kier alpha value is -0.496. The van der Waals surface area contributed by atoms with Crippen molar-refractivity contribution >= 4 is 53.5 Å². The summed E-state index contributed by atoms with van der Waals surface area (Å²) in [6, 6.07) is 4.83. The molecule has 0 spiro atoms. The van der Waals surface area contributed by atoms with E-state index >= 15 is 0 Å². The zero-order valence-corrected chi connectivity index (χ0v) is 17.8. The molecule has 0 aliphatic carbocycles. The van der Waals surface area contributed by atoms with Gasteiger partial charge in [-0.3, -0.25) is 10.1 Å². The van der Waals surface area contributed by atoms with Crippen LogP contribution in [0.5, 0.6) is 0 Å². The van der Waals surface area contributed by atoms with E-state index in [4.69, 9.17) is 8.85 Å². The number of nitrogens with one attached hydrogen (secondary N) is 1. The first-order valence-corrected chi connectivity index (χ1v) is 11.0. The number of nitrogens with zero attached hydrogens (tertiary/aromatic N) is 1. The minimum atomic E-state index is -0.384. The van der Waals surface area contributed by atoms with Crippen molar-refractivity contribution < 1.29 is 13.8 Å². The lowest BCUT2D eigenvalue weighted by atomic mass is 9.88. The van der Waals surface area contributed by atoms with Gasteiger partial charge in [-0.05, 0) is 48.2 Å². The predicted octanol–water partition coefficient (Wildman–Crippen LogP) is 3.72. The average Bonchev–Trinajstić information content (AvgIpc) is 2.48. The minimum absolute atomic E-state index is 0.106. The van der Waals surface area contributed by atoms with Crippen molar-refractivity contribution in [2.45, 2.75) is 39.7 Å². The van der Waals surface area contributed by atoms with E-state index in [0.29, 0.717) is 19.5 Å². The van der Waals surface area contributed by atoms with Crippen LogP contribution < -0.4 is 5.32 Å². The second kappa shape index (κ2) is 9.72. The molecular weight excluding hydrogens is 443 g/mol. The molecule has 0 unspecified atom stereocenters. The zero-order chi connectivity index (χ0) is 17.5. The summed E-state index contributed by atoms with van der Waals surface area (Å²) in [5.74, 6) is 0. The topological polar surface area (TPSA) is 73.6 Å². The van der Waals surface area contributed by atoms with Gasteiger partial charge in [0.2, 0.25) is 19.5 Å². The Bertz CT molecular complexity index is 525. The first kappa shape index (κ1) is 20.5. The van der Waals surface area contributed by atoms with Crippen molar-refractivity contribution in [3.63, 3.8) is 0 Å². The van der Waals surface area contributed by atoms with Crippen LogP contribution in [-0.4, -0.2) is 37.3 Å². The van der Waals surface area contributed by atoms with E-state index in [0.717, 1.165) is 22.2 Å². The summed E-state index contributed by atoms with van der Waals surface area (Å²) >= 11 is 2.11. The summed E-state index contributed by atoms with van der Waals surface area (Å²) in [7, 11) is 0.775. The average molecular weight is 464 g/mol. The Morgan fingerprint density at radius 3 is 2.43 bits per heavy atom. The fourth-order valence-corrected chi connectivity index (χ4v) is 3.90. The lowest BCUT2D eigenvalue weighted by Crippen LogP contribution is -2.37. The molecule has 0 bridgehead atoms. The van der Waals surface area contributed by atoms with Crippen LogP contribution in [0.4, 0.5) is 11.4 Å². The van der Waals surface area contributed by atoms with E-state index in [1.807, 2.05) is 13.1 Å². The van der Waals surface area contributed by atoms with Gasteiger partial charge in [-0.1, -0.05) is 13.8 Å². The van der Waals surface area contributed by atoms with Crippen LogP contribution in [0, 0.1) is 19.1 Å². The molecule has 9 heteroatoms. The highest BCUT2D eigenvalue weighted by Crippen LogP contribution is 2.29. The standard InChI is InChI=1S/C14H21IN2O4Si2/c1-14(2,13(20-22-3)21-23-4)7-8-16-12-6-5-10(17(18)19)9-11(12)15/h5-6,9,13,16H,7-8H2,1-4H3. The molecule has 0 aromatic heterocycles. The third-order valence-electron chi connectivity index (χ3n) is 3.34. The number of anilines is 1. The number of nitro benzene ring substituents is 1. The Morgan fingerprint density at radius 1 is 1.35 bits per heavy atom. The van der Waals surface area contributed by atoms with Crippen LogP contribution in [-0.2, 0) is 8.85 Å². The van der Waals surface area contributed by atoms with Gasteiger partial charge < -0.3 is 14.2 Å². The number of non-ortho nitro benzene ring substituents is 1. The van der Waals surface area contributed by atoms with Gasteiger partial charge >= 0.3 is 0 Å². The Kier molecular flexibility index (Phi) is 8.68. The molecule has 0 saturated heterocycles. The molecule has 1 rings (SSSR count).